The van der Waals surface area contributed by atoms with Crippen molar-refractivity contribution >= 4 is 5.90 Å². The van der Waals surface area contributed by atoms with Crippen molar-refractivity contribution in [3.8, 4) is 29.7 Å². The number of hydrogen-bond donors (Lipinski definition) is 1. The smallest absolute Gasteiger partial charge is 0.244 e. The highest BCUT2D eigenvalue weighted by Gasteiger charge is 2.80. The van der Waals surface area contributed by atoms with Crippen molar-refractivity contribution in [2.75, 3.05) is 14.2 Å². The number of rotatable bonds is 4. The molecule has 2 aromatic carbocycles. The van der Waals surface area contributed by atoms with Gasteiger partial charge in [-0.3, -0.25) is 5.41 Å². The molecule has 9 heteroatoms. The highest BCUT2D eigenvalue weighted by Crippen LogP contribution is 2.69. The minimum absolute atomic E-state index is 0.261. The van der Waals surface area contributed by atoms with Crippen molar-refractivity contribution < 1.29 is 23.3 Å². The summed E-state index contributed by atoms with van der Waals surface area (Å²) in [7, 11) is 2.89. The molecule has 4 atom stereocenters. The Bertz CT molecular complexity index is 1250. The Hall–Kier alpha value is -4.13. The zero-order valence-corrected chi connectivity index (χ0v) is 18.0. The zero-order valence-electron chi connectivity index (χ0n) is 18.0. The first-order valence-electron chi connectivity index (χ1n) is 9.97. The summed E-state index contributed by atoms with van der Waals surface area (Å²) < 4.78 is 36.7. The van der Waals surface area contributed by atoms with E-state index >= 15 is 0 Å². The van der Waals surface area contributed by atoms with Crippen molar-refractivity contribution in [3.05, 3.63) is 59.4 Å². The van der Waals surface area contributed by atoms with Gasteiger partial charge in [-0.1, -0.05) is 6.92 Å². The zero-order chi connectivity index (χ0) is 24.0. The topological polar surface area (TPSA) is 132 Å². The average molecular weight is 446 g/mol. The van der Waals surface area contributed by atoms with Crippen LogP contribution in [0.15, 0.2) is 42.5 Å². The molecule has 33 heavy (non-hydrogen) atoms. The maximum absolute atomic E-state index is 13.7. The minimum Gasteiger partial charge on any atom is -0.497 e. The summed E-state index contributed by atoms with van der Waals surface area (Å²) in [5.74, 6) is -2.98. The quantitative estimate of drug-likeness (QED) is 0.752. The third kappa shape index (κ3) is 2.59. The van der Waals surface area contributed by atoms with Crippen LogP contribution in [0.5, 0.6) is 11.5 Å². The van der Waals surface area contributed by atoms with E-state index < -0.39 is 40.4 Å². The molecule has 2 aliphatic heterocycles. The van der Waals surface area contributed by atoms with Crippen molar-refractivity contribution in [2.45, 2.75) is 18.8 Å². The normalized spacial score (nSPS) is 29.2. The van der Waals surface area contributed by atoms with Crippen molar-refractivity contribution in [1.82, 2.24) is 0 Å². The Morgan fingerprint density at radius 3 is 2.21 bits per heavy atom. The van der Waals surface area contributed by atoms with E-state index in [1.165, 1.54) is 38.5 Å². The first-order valence-corrected chi connectivity index (χ1v) is 9.97. The van der Waals surface area contributed by atoms with Gasteiger partial charge in [-0.05, 0) is 36.4 Å². The highest BCUT2D eigenvalue weighted by atomic mass is 19.1. The molecule has 0 spiro atoms. The molecule has 8 nitrogen and oxygen atoms in total. The van der Waals surface area contributed by atoms with Gasteiger partial charge in [0.2, 0.25) is 17.1 Å². The molecule has 2 bridgehead atoms. The van der Waals surface area contributed by atoms with Gasteiger partial charge in [0.15, 0.2) is 5.41 Å². The standard InChI is InChI=1S/C24H19FN4O4/c1-14-23(13-28)21(29)33-24(14,15-4-6-16(25)7-5-15)32-20(22(23,11-26)12-27)18-9-8-17(30-2)10-19(18)31-3/h4-10,14,20,29H,1-3H3. The number of nitrogens with zero attached hydrogens (tertiary/aromatic N) is 3. The maximum Gasteiger partial charge on any atom is 0.244 e. The number of ether oxygens (including phenoxy) is 4. The number of nitriles is 3. The van der Waals surface area contributed by atoms with Gasteiger partial charge in [0.25, 0.3) is 0 Å². The fourth-order valence-corrected chi connectivity index (χ4v) is 4.86. The van der Waals surface area contributed by atoms with Crippen LogP contribution < -0.4 is 9.47 Å². The molecule has 0 aliphatic carbocycles. The van der Waals surface area contributed by atoms with Crippen LogP contribution in [-0.4, -0.2) is 20.1 Å². The van der Waals surface area contributed by atoms with Crippen LogP contribution in [0.25, 0.3) is 0 Å². The average Bonchev–Trinajstić information content (AvgIpc) is 3.00. The Morgan fingerprint density at radius 1 is 1.00 bits per heavy atom. The first kappa shape index (κ1) is 22.1. The first-order chi connectivity index (χ1) is 15.8. The van der Waals surface area contributed by atoms with E-state index in [1.807, 2.05) is 12.1 Å². The molecule has 2 aromatic rings. The lowest BCUT2D eigenvalue weighted by Crippen LogP contribution is -2.57. The molecule has 0 amide bonds. The van der Waals surface area contributed by atoms with Crippen LogP contribution >= 0.6 is 0 Å². The molecular weight excluding hydrogens is 427 g/mol. The van der Waals surface area contributed by atoms with Crippen LogP contribution in [0.3, 0.4) is 0 Å². The molecule has 166 valence electrons. The SMILES string of the molecule is COc1ccc(C2OC3(c4ccc(F)cc4)OC(=N)C(C#N)(C3C)C2(C#N)C#N)c(OC)c1. The monoisotopic (exact) mass is 446 g/mol. The molecule has 4 unspecified atom stereocenters. The van der Waals surface area contributed by atoms with E-state index in [0.29, 0.717) is 16.9 Å². The molecule has 2 heterocycles. The van der Waals surface area contributed by atoms with Gasteiger partial charge in [0.1, 0.15) is 23.4 Å². The number of fused-ring (bicyclic) bond motifs is 2. The fraction of sp³-hybridized carbons (Fsp3) is 0.333. The number of hydrogen-bond acceptors (Lipinski definition) is 8. The largest absolute Gasteiger partial charge is 0.497 e. The molecule has 0 saturated carbocycles. The van der Waals surface area contributed by atoms with Crippen molar-refractivity contribution in [2.24, 2.45) is 16.7 Å². The number of methoxy groups -OCH3 is 2. The van der Waals surface area contributed by atoms with Crippen LogP contribution in [0.1, 0.15) is 24.2 Å². The fourth-order valence-electron chi connectivity index (χ4n) is 4.86. The van der Waals surface area contributed by atoms with Gasteiger partial charge in [-0.15, -0.1) is 0 Å². The van der Waals surface area contributed by atoms with Crippen LogP contribution in [-0.2, 0) is 15.3 Å². The summed E-state index contributed by atoms with van der Waals surface area (Å²) in [5.41, 5.74) is -3.48. The van der Waals surface area contributed by atoms with E-state index in [9.17, 15) is 20.2 Å². The Morgan fingerprint density at radius 2 is 1.67 bits per heavy atom. The van der Waals surface area contributed by atoms with Crippen molar-refractivity contribution in [1.29, 1.82) is 21.2 Å². The molecule has 0 aromatic heterocycles. The minimum atomic E-state index is -2.15. The summed E-state index contributed by atoms with van der Waals surface area (Å²) >= 11 is 0. The predicted molar refractivity (Wildman–Crippen MR) is 111 cm³/mol. The maximum atomic E-state index is 13.7. The van der Waals surface area contributed by atoms with Crippen molar-refractivity contribution in [3.63, 3.8) is 0 Å². The number of nitrogens with one attached hydrogen (secondary N) is 1. The Kier molecular flexibility index (Phi) is 5.00. The van der Waals surface area contributed by atoms with Gasteiger partial charge in [-0.2, -0.15) is 15.8 Å². The summed E-state index contributed by atoms with van der Waals surface area (Å²) in [5, 5.41) is 39.6. The third-order valence-corrected chi connectivity index (χ3v) is 6.64. The number of halogens is 1. The third-order valence-electron chi connectivity index (χ3n) is 6.64. The van der Waals surface area contributed by atoms with E-state index in [1.54, 1.807) is 25.1 Å². The molecule has 0 radical (unpaired) electrons. The summed E-state index contributed by atoms with van der Waals surface area (Å²) in [6.07, 6.45) is -1.35. The number of benzene rings is 2. The summed E-state index contributed by atoms with van der Waals surface area (Å²) in [4.78, 5) is 0. The summed E-state index contributed by atoms with van der Waals surface area (Å²) in [6.45, 7) is 1.58. The highest BCUT2D eigenvalue weighted by molar-refractivity contribution is 5.89. The molecular formula is C24H19FN4O4. The Balaban J connectivity index is 2.05. The van der Waals surface area contributed by atoms with Crippen LogP contribution in [0, 0.1) is 62.0 Å². The molecule has 2 fully saturated rings. The second-order valence-electron chi connectivity index (χ2n) is 7.88. The lowest BCUT2D eigenvalue weighted by molar-refractivity contribution is -0.288. The summed E-state index contributed by atoms with van der Waals surface area (Å²) in [6, 6.07) is 16.0. The van der Waals surface area contributed by atoms with E-state index in [-0.39, 0.29) is 5.75 Å². The van der Waals surface area contributed by atoms with Gasteiger partial charge in [0, 0.05) is 17.2 Å². The molecule has 4 rings (SSSR count). The van der Waals surface area contributed by atoms with E-state index in [0.717, 1.165) is 0 Å². The van der Waals surface area contributed by atoms with Gasteiger partial charge in [-0.25, -0.2) is 4.39 Å². The van der Waals surface area contributed by atoms with Gasteiger partial charge in [0.05, 0.1) is 38.3 Å². The predicted octanol–water partition coefficient (Wildman–Crippen LogP) is 3.95. The van der Waals surface area contributed by atoms with Gasteiger partial charge < -0.3 is 18.9 Å². The molecule has 2 aliphatic rings. The second kappa shape index (κ2) is 7.48. The van der Waals surface area contributed by atoms with Crippen LogP contribution in [0.4, 0.5) is 4.39 Å². The van der Waals surface area contributed by atoms with E-state index in [2.05, 4.69) is 6.07 Å². The lowest BCUT2D eigenvalue weighted by atomic mass is 9.53. The van der Waals surface area contributed by atoms with E-state index in [4.69, 9.17) is 24.4 Å². The second-order valence-corrected chi connectivity index (χ2v) is 7.88. The molecule has 2 saturated heterocycles. The lowest BCUT2D eigenvalue weighted by Gasteiger charge is -2.48. The Labute approximate surface area is 189 Å². The molecule has 1 N–H and O–H groups in total. The van der Waals surface area contributed by atoms with Gasteiger partial charge >= 0.3 is 0 Å². The van der Waals surface area contributed by atoms with Crippen LogP contribution in [0.2, 0.25) is 0 Å².